The van der Waals surface area contributed by atoms with E-state index >= 15 is 0 Å². The summed E-state index contributed by atoms with van der Waals surface area (Å²) < 4.78 is 26.2. The molecule has 0 aliphatic heterocycles. The molecule has 0 bridgehead atoms. The Morgan fingerprint density at radius 3 is 2.55 bits per heavy atom. The summed E-state index contributed by atoms with van der Waals surface area (Å²) in [6.45, 7) is 5.11. The van der Waals surface area contributed by atoms with Crippen molar-refractivity contribution in [2.24, 2.45) is 17.1 Å². The average molecular weight is 333 g/mol. The topological polar surface area (TPSA) is 46.3 Å². The van der Waals surface area contributed by atoms with E-state index < -0.39 is 11.6 Å². The van der Waals surface area contributed by atoms with Gasteiger partial charge in [0.2, 0.25) is 5.91 Å². The number of halogens is 3. The molecule has 0 radical (unpaired) electrons. The molecule has 0 aromatic heterocycles. The van der Waals surface area contributed by atoms with Crippen LogP contribution in [0.5, 0.6) is 0 Å². The first-order chi connectivity index (χ1) is 9.75. The highest BCUT2D eigenvalue weighted by Gasteiger charge is 2.45. The van der Waals surface area contributed by atoms with Gasteiger partial charge >= 0.3 is 0 Å². The molecule has 0 spiro atoms. The first-order valence-corrected chi connectivity index (χ1v) is 7.15. The number of amides is 1. The van der Waals surface area contributed by atoms with Crippen LogP contribution in [-0.2, 0) is 4.79 Å². The third-order valence-corrected chi connectivity index (χ3v) is 4.07. The molecule has 2 atom stereocenters. The number of hydrogen-bond acceptors (Lipinski definition) is 2. The standard InChI is InChI=1S/C16H22F2N2O.ClH/c1-16(2,8-19)9-20(3)15(21)12-7-11(12)10-4-5-13(17)14(18)6-10;/h4-6,11-12H,7-9,19H2,1-3H3;1H. The number of nitrogens with two attached hydrogens (primary N) is 1. The van der Waals surface area contributed by atoms with Crippen molar-refractivity contribution in [3.8, 4) is 0 Å². The SMILES string of the molecule is CN(CC(C)(C)CN)C(=O)C1CC1c1ccc(F)c(F)c1.Cl. The molecule has 2 N–H and O–H groups in total. The predicted molar refractivity (Wildman–Crippen MR) is 84.9 cm³/mol. The molecule has 1 saturated carbocycles. The molecule has 1 amide bonds. The molecule has 22 heavy (non-hydrogen) atoms. The number of carbonyl (C=O) groups is 1. The molecule has 1 aliphatic carbocycles. The van der Waals surface area contributed by atoms with Gasteiger partial charge in [-0.15, -0.1) is 12.4 Å². The fourth-order valence-electron chi connectivity index (χ4n) is 2.65. The number of benzene rings is 1. The Morgan fingerprint density at radius 2 is 2.00 bits per heavy atom. The summed E-state index contributed by atoms with van der Waals surface area (Å²) in [5.74, 6) is -1.80. The smallest absolute Gasteiger partial charge is 0.226 e. The van der Waals surface area contributed by atoms with Gasteiger partial charge in [-0.05, 0) is 42.0 Å². The van der Waals surface area contributed by atoms with E-state index in [4.69, 9.17) is 5.73 Å². The third kappa shape index (κ3) is 4.17. The van der Waals surface area contributed by atoms with Crippen LogP contribution in [0, 0.1) is 23.0 Å². The van der Waals surface area contributed by atoms with Gasteiger partial charge in [0.25, 0.3) is 0 Å². The fraction of sp³-hybridized carbons (Fsp3) is 0.562. The van der Waals surface area contributed by atoms with Crippen molar-refractivity contribution >= 4 is 18.3 Å². The molecule has 0 heterocycles. The molecule has 3 nitrogen and oxygen atoms in total. The quantitative estimate of drug-likeness (QED) is 0.901. The van der Waals surface area contributed by atoms with Gasteiger partial charge in [0.05, 0.1) is 0 Å². The summed E-state index contributed by atoms with van der Waals surface area (Å²) in [7, 11) is 1.76. The summed E-state index contributed by atoms with van der Waals surface area (Å²) in [6.07, 6.45) is 0.692. The maximum Gasteiger partial charge on any atom is 0.226 e. The van der Waals surface area contributed by atoms with Crippen LogP contribution in [-0.4, -0.2) is 30.9 Å². The Morgan fingerprint density at radius 1 is 1.36 bits per heavy atom. The van der Waals surface area contributed by atoms with Crippen molar-refractivity contribution in [2.45, 2.75) is 26.2 Å². The summed E-state index contributed by atoms with van der Waals surface area (Å²) in [5.41, 5.74) is 6.25. The van der Waals surface area contributed by atoms with Gasteiger partial charge in [-0.25, -0.2) is 8.78 Å². The maximum absolute atomic E-state index is 13.2. The van der Waals surface area contributed by atoms with Gasteiger partial charge in [0.1, 0.15) is 0 Å². The van der Waals surface area contributed by atoms with E-state index in [1.807, 2.05) is 13.8 Å². The van der Waals surface area contributed by atoms with E-state index in [1.165, 1.54) is 6.07 Å². The highest BCUT2D eigenvalue weighted by Crippen LogP contribution is 2.48. The Bertz CT molecular complexity index is 551. The molecular weight excluding hydrogens is 310 g/mol. The first kappa shape index (κ1) is 18.8. The lowest BCUT2D eigenvalue weighted by atomic mass is 9.93. The van der Waals surface area contributed by atoms with Gasteiger partial charge in [-0.2, -0.15) is 0 Å². The van der Waals surface area contributed by atoms with Crippen molar-refractivity contribution in [3.63, 3.8) is 0 Å². The number of hydrogen-bond donors (Lipinski definition) is 1. The largest absolute Gasteiger partial charge is 0.345 e. The maximum atomic E-state index is 13.2. The lowest BCUT2D eigenvalue weighted by Crippen LogP contribution is -2.40. The monoisotopic (exact) mass is 332 g/mol. The van der Waals surface area contributed by atoms with Gasteiger partial charge < -0.3 is 10.6 Å². The summed E-state index contributed by atoms with van der Waals surface area (Å²) in [4.78, 5) is 14.0. The van der Waals surface area contributed by atoms with E-state index in [0.717, 1.165) is 6.07 Å². The Balaban J connectivity index is 0.00000242. The second-order valence-corrected chi connectivity index (χ2v) is 6.68. The van der Waals surface area contributed by atoms with Gasteiger partial charge in [-0.1, -0.05) is 19.9 Å². The second kappa shape index (κ2) is 6.92. The molecule has 2 unspecified atom stereocenters. The molecule has 1 aliphatic rings. The lowest BCUT2D eigenvalue weighted by molar-refractivity contribution is -0.132. The highest BCUT2D eigenvalue weighted by molar-refractivity contribution is 5.85. The molecule has 1 aromatic carbocycles. The van der Waals surface area contributed by atoms with Crippen LogP contribution in [0.2, 0.25) is 0 Å². The predicted octanol–water partition coefficient (Wildman–Crippen LogP) is 2.93. The Labute approximate surface area is 136 Å². The van der Waals surface area contributed by atoms with E-state index in [-0.39, 0.29) is 35.6 Å². The minimum Gasteiger partial charge on any atom is -0.345 e. The fourth-order valence-corrected chi connectivity index (χ4v) is 2.65. The molecular formula is C16H23ClF2N2O. The summed E-state index contributed by atoms with van der Waals surface area (Å²) >= 11 is 0. The van der Waals surface area contributed by atoms with Crippen LogP contribution in [0.1, 0.15) is 31.7 Å². The highest BCUT2D eigenvalue weighted by atomic mass is 35.5. The van der Waals surface area contributed by atoms with Crippen LogP contribution in [0.3, 0.4) is 0 Å². The van der Waals surface area contributed by atoms with Crippen molar-refractivity contribution in [1.29, 1.82) is 0 Å². The molecule has 1 aromatic rings. The van der Waals surface area contributed by atoms with Crippen LogP contribution in [0.25, 0.3) is 0 Å². The number of nitrogens with zero attached hydrogens (tertiary/aromatic N) is 1. The van der Waals surface area contributed by atoms with Crippen molar-refractivity contribution < 1.29 is 13.6 Å². The zero-order chi connectivity index (χ0) is 15.8. The van der Waals surface area contributed by atoms with Crippen molar-refractivity contribution in [3.05, 3.63) is 35.4 Å². The third-order valence-electron chi connectivity index (χ3n) is 4.07. The average Bonchev–Trinajstić information content (AvgIpc) is 3.21. The molecule has 2 rings (SSSR count). The normalized spacial score (nSPS) is 20.3. The summed E-state index contributed by atoms with van der Waals surface area (Å²) in [6, 6.07) is 3.86. The van der Waals surface area contributed by atoms with Gasteiger partial charge in [0.15, 0.2) is 11.6 Å². The molecule has 0 saturated heterocycles. The number of carbonyl (C=O) groups excluding carboxylic acids is 1. The van der Waals surface area contributed by atoms with E-state index in [9.17, 15) is 13.6 Å². The van der Waals surface area contributed by atoms with E-state index in [1.54, 1.807) is 18.0 Å². The zero-order valence-corrected chi connectivity index (χ0v) is 13.9. The minimum absolute atomic E-state index is 0. The molecule has 1 fully saturated rings. The van der Waals surface area contributed by atoms with Gasteiger partial charge in [0, 0.05) is 19.5 Å². The van der Waals surface area contributed by atoms with E-state index in [2.05, 4.69) is 0 Å². The second-order valence-electron chi connectivity index (χ2n) is 6.68. The van der Waals surface area contributed by atoms with Crippen LogP contribution in [0.15, 0.2) is 18.2 Å². The zero-order valence-electron chi connectivity index (χ0n) is 13.1. The lowest BCUT2D eigenvalue weighted by Gasteiger charge is -2.29. The van der Waals surface area contributed by atoms with Gasteiger partial charge in [-0.3, -0.25) is 4.79 Å². The van der Waals surface area contributed by atoms with Crippen LogP contribution < -0.4 is 5.73 Å². The van der Waals surface area contributed by atoms with Crippen molar-refractivity contribution in [1.82, 2.24) is 4.90 Å². The number of rotatable bonds is 5. The molecule has 124 valence electrons. The molecule has 6 heteroatoms. The Hall–Kier alpha value is -1.20. The van der Waals surface area contributed by atoms with Crippen LogP contribution >= 0.6 is 12.4 Å². The Kier molecular flexibility index (Phi) is 5.93. The van der Waals surface area contributed by atoms with E-state index in [0.29, 0.717) is 25.1 Å². The summed E-state index contributed by atoms with van der Waals surface area (Å²) in [5, 5.41) is 0. The minimum atomic E-state index is -0.858. The van der Waals surface area contributed by atoms with Crippen molar-refractivity contribution in [2.75, 3.05) is 20.1 Å². The van der Waals surface area contributed by atoms with Crippen LogP contribution in [0.4, 0.5) is 8.78 Å². The first-order valence-electron chi connectivity index (χ1n) is 7.15.